The minimum absolute atomic E-state index is 0.0800. The van der Waals surface area contributed by atoms with Gasteiger partial charge in [0.15, 0.2) is 0 Å². The Kier molecular flexibility index (Phi) is 21.0. The van der Waals surface area contributed by atoms with Crippen LogP contribution in [0.4, 0.5) is 0 Å². The molecule has 0 aromatic carbocycles. The van der Waals surface area contributed by atoms with Crippen LogP contribution in [-0.2, 0) is 9.53 Å². The van der Waals surface area contributed by atoms with Crippen molar-refractivity contribution in [2.24, 2.45) is 0 Å². The van der Waals surface area contributed by atoms with Crippen molar-refractivity contribution < 1.29 is 9.53 Å². The molecule has 29 heavy (non-hydrogen) atoms. The second-order valence-corrected chi connectivity index (χ2v) is 27.0. The van der Waals surface area contributed by atoms with E-state index in [1.165, 1.54) is 109 Å². The van der Waals surface area contributed by atoms with Gasteiger partial charge in [-0.05, 0) is 0 Å². The summed E-state index contributed by atoms with van der Waals surface area (Å²) in [6, 6.07) is 0. The Morgan fingerprint density at radius 2 is 0.966 bits per heavy atom. The van der Waals surface area contributed by atoms with E-state index in [1.807, 2.05) is 0 Å². The van der Waals surface area contributed by atoms with Crippen molar-refractivity contribution in [2.45, 2.75) is 141 Å². The van der Waals surface area contributed by atoms with Crippen molar-refractivity contribution in [1.29, 1.82) is 0 Å². The summed E-state index contributed by atoms with van der Waals surface area (Å²) in [4.78, 5) is 18.6. The molecule has 0 bridgehead atoms. The van der Waals surface area contributed by atoms with Gasteiger partial charge in [-0.15, -0.1) is 0 Å². The summed E-state index contributed by atoms with van der Waals surface area (Å²) in [5.74, 6) is -0.0800. The Balaban J connectivity index is 3.20. The van der Waals surface area contributed by atoms with Crippen LogP contribution in [-0.4, -0.2) is 34.2 Å². The molecule has 0 aromatic rings. The van der Waals surface area contributed by atoms with Gasteiger partial charge < -0.3 is 0 Å². The van der Waals surface area contributed by atoms with Gasteiger partial charge in [0, 0.05) is 0 Å². The van der Waals surface area contributed by atoms with Gasteiger partial charge in [0.05, 0.1) is 0 Å². The Bertz CT molecular complexity index is 368. The topological polar surface area (TPSA) is 26.3 Å². The number of hydrogen-bond acceptors (Lipinski definition) is 3. The quantitative estimate of drug-likeness (QED) is 0.0689. The van der Waals surface area contributed by atoms with Crippen LogP contribution in [0.3, 0.4) is 0 Å². The van der Waals surface area contributed by atoms with E-state index in [-0.39, 0.29) is 9.24 Å². The molecule has 0 N–H and O–H groups in total. The Hall–Kier alpha value is 0.619. The van der Waals surface area contributed by atoms with E-state index in [2.05, 4.69) is 34.4 Å². The molecule has 0 saturated heterocycles. The molecule has 0 heterocycles. The van der Waals surface area contributed by atoms with Crippen LogP contribution in [0.15, 0.2) is 0 Å². The van der Waals surface area contributed by atoms with Gasteiger partial charge in [-0.3, -0.25) is 0 Å². The number of ether oxygens (including phenoxy) is 1. The van der Waals surface area contributed by atoms with Crippen LogP contribution >= 0.6 is 12.6 Å². The van der Waals surface area contributed by atoms with Crippen LogP contribution in [0.1, 0.15) is 122 Å². The van der Waals surface area contributed by atoms with E-state index in [0.717, 1.165) is 6.42 Å². The van der Waals surface area contributed by atoms with E-state index in [4.69, 9.17) is 4.74 Å². The fraction of sp³-hybridized carbons (Fsp3) is 0.960. The Morgan fingerprint density at radius 1 is 0.655 bits per heavy atom. The number of rotatable bonds is 21. The summed E-state index contributed by atoms with van der Waals surface area (Å²) in [5.41, 5.74) is 0. The number of hydrogen-bond donors (Lipinski definition) is 1. The van der Waals surface area contributed by atoms with Gasteiger partial charge in [-0.1, -0.05) is 71.1 Å². The third kappa shape index (κ3) is 20.3. The first-order valence-corrected chi connectivity index (χ1v) is 23.5. The summed E-state index contributed by atoms with van der Waals surface area (Å²) < 4.78 is 5.27. The molecule has 0 aliphatic rings. The number of thiol groups is 1. The number of esters is 1. The SMILES string of the molecule is CCCCCCCCCCCCCCCCCCCCOC(=O)[CH](S)[Sn]([CH3])([CH3])[CH3]. The second kappa shape index (κ2) is 20.5. The number of unbranched alkanes of at least 4 members (excludes halogenated alkanes) is 17. The van der Waals surface area contributed by atoms with Gasteiger partial charge in [0.1, 0.15) is 0 Å². The van der Waals surface area contributed by atoms with E-state index in [1.54, 1.807) is 0 Å². The standard InChI is InChI=1S/C22H43O2S.3CH3.Sn/c1-2-3-4-5-6-7-8-9-10-11-12-13-14-15-16-17-18-19-20-24-22(23)21-25;;;;/h21,25H,2-20H2,1H3;3*1H3;. The van der Waals surface area contributed by atoms with Crippen LogP contribution in [0, 0.1) is 0 Å². The summed E-state index contributed by atoms with van der Waals surface area (Å²) in [7, 11) is 0. The summed E-state index contributed by atoms with van der Waals surface area (Å²) in [6.45, 7) is 2.87. The van der Waals surface area contributed by atoms with Crippen molar-refractivity contribution in [2.75, 3.05) is 6.61 Å². The monoisotopic (exact) mass is 536 g/mol. The van der Waals surface area contributed by atoms with Crippen molar-refractivity contribution >= 4 is 37.0 Å². The van der Waals surface area contributed by atoms with Crippen molar-refractivity contribution in [3.63, 3.8) is 0 Å². The average Bonchev–Trinajstić information content (AvgIpc) is 2.68. The van der Waals surface area contributed by atoms with E-state index < -0.39 is 18.4 Å². The normalized spacial score (nSPS) is 12.9. The molecule has 1 unspecified atom stereocenters. The third-order valence-electron chi connectivity index (χ3n) is 5.79. The van der Waals surface area contributed by atoms with Crippen LogP contribution in [0.5, 0.6) is 0 Å². The van der Waals surface area contributed by atoms with E-state index in [9.17, 15) is 4.79 Å². The zero-order valence-electron chi connectivity index (χ0n) is 20.3. The average molecular weight is 535 g/mol. The van der Waals surface area contributed by atoms with Crippen molar-refractivity contribution in [1.82, 2.24) is 0 Å². The molecule has 0 fully saturated rings. The summed E-state index contributed by atoms with van der Waals surface area (Å²) >= 11 is 2.20. The molecule has 174 valence electrons. The van der Waals surface area contributed by atoms with E-state index >= 15 is 0 Å². The summed E-state index contributed by atoms with van der Waals surface area (Å²) in [5, 5.41) is 0. The molecule has 0 radical (unpaired) electrons. The number of carbonyl (C=O) groups is 1. The maximum atomic E-state index is 11.9. The van der Waals surface area contributed by atoms with Crippen LogP contribution in [0.25, 0.3) is 0 Å². The van der Waals surface area contributed by atoms with Gasteiger partial charge >= 0.3 is 123 Å². The zero-order chi connectivity index (χ0) is 21.8. The van der Waals surface area contributed by atoms with Crippen molar-refractivity contribution in [3.8, 4) is 0 Å². The molecule has 0 aliphatic heterocycles. The maximum absolute atomic E-state index is 11.9. The zero-order valence-corrected chi connectivity index (χ0v) is 24.0. The molecule has 0 saturated carbocycles. The molecule has 0 amide bonds. The molecule has 1 atom stereocenters. The summed E-state index contributed by atoms with van der Waals surface area (Å²) in [6.07, 6.45) is 24.8. The van der Waals surface area contributed by atoms with Crippen LogP contribution < -0.4 is 0 Å². The first-order valence-electron chi connectivity index (χ1n) is 12.7. The number of carbonyl (C=O) groups excluding carboxylic acids is 1. The van der Waals surface area contributed by atoms with Gasteiger partial charge in [0.2, 0.25) is 0 Å². The third-order valence-corrected chi connectivity index (χ3v) is 16.5. The Morgan fingerprint density at radius 3 is 1.28 bits per heavy atom. The molecule has 0 aromatic heterocycles. The fourth-order valence-electron chi connectivity index (χ4n) is 3.61. The molecule has 4 heteroatoms. The van der Waals surface area contributed by atoms with E-state index in [0.29, 0.717) is 6.61 Å². The fourth-order valence-corrected chi connectivity index (χ4v) is 5.94. The minimum atomic E-state index is -2.27. The predicted molar refractivity (Wildman–Crippen MR) is 136 cm³/mol. The van der Waals surface area contributed by atoms with Crippen LogP contribution in [0.2, 0.25) is 14.8 Å². The Labute approximate surface area is 193 Å². The molecule has 0 spiro atoms. The molecule has 2 nitrogen and oxygen atoms in total. The molecular weight excluding hydrogens is 483 g/mol. The predicted octanol–water partition coefficient (Wildman–Crippen LogP) is 8.75. The van der Waals surface area contributed by atoms with Crippen molar-refractivity contribution in [3.05, 3.63) is 0 Å². The van der Waals surface area contributed by atoms with Gasteiger partial charge in [0.25, 0.3) is 0 Å². The first kappa shape index (κ1) is 29.6. The second-order valence-electron chi connectivity index (χ2n) is 9.95. The van der Waals surface area contributed by atoms with Gasteiger partial charge in [-0.25, -0.2) is 0 Å². The molecule has 0 rings (SSSR count). The first-order chi connectivity index (χ1) is 13.9. The van der Waals surface area contributed by atoms with Gasteiger partial charge in [-0.2, -0.15) is 0 Å². The molecule has 0 aliphatic carbocycles. The molecular formula is C25H52O2SSn.